The van der Waals surface area contributed by atoms with Gasteiger partial charge in [-0.15, -0.1) is 0 Å². The summed E-state index contributed by atoms with van der Waals surface area (Å²) in [5, 5.41) is 2.87. The lowest BCUT2D eigenvalue weighted by molar-refractivity contribution is 0.100. The zero-order valence-electron chi connectivity index (χ0n) is 16.6. The van der Waals surface area contributed by atoms with Crippen molar-refractivity contribution in [1.82, 2.24) is 4.98 Å². The minimum absolute atomic E-state index is 0.00449. The van der Waals surface area contributed by atoms with Crippen molar-refractivity contribution >= 4 is 48.3 Å². The molecule has 4 rings (SSSR count). The van der Waals surface area contributed by atoms with Gasteiger partial charge < -0.3 is 5.73 Å². The van der Waals surface area contributed by atoms with Crippen LogP contribution >= 0.6 is 11.3 Å². The van der Waals surface area contributed by atoms with Gasteiger partial charge in [0.1, 0.15) is 5.82 Å². The van der Waals surface area contributed by atoms with Crippen LogP contribution in [0.15, 0.2) is 65.6 Å². The highest BCUT2D eigenvalue weighted by Gasteiger charge is 2.22. The minimum Gasteiger partial charge on any atom is -0.366 e. The zero-order chi connectivity index (χ0) is 23.0. The first-order valence-electron chi connectivity index (χ1n) is 9.25. The number of carbonyl (C=O) groups is 2. The highest BCUT2D eigenvalue weighted by atomic mass is 32.2. The molecule has 4 aromatic rings. The number of anilines is 1. The van der Waals surface area contributed by atoms with Gasteiger partial charge in [-0.1, -0.05) is 35.6 Å². The van der Waals surface area contributed by atoms with E-state index in [1.165, 1.54) is 48.5 Å². The molecule has 0 spiro atoms. The number of amides is 2. The van der Waals surface area contributed by atoms with Crippen LogP contribution in [-0.2, 0) is 9.84 Å². The SMILES string of the molecule is CS(=O)(=O)c1ccc2nc(NC(=O)c3cccc(C(N)=O)c3-c3ccccc3F)sc2c1. The van der Waals surface area contributed by atoms with E-state index in [4.69, 9.17) is 5.73 Å². The van der Waals surface area contributed by atoms with Gasteiger partial charge in [0.2, 0.25) is 5.91 Å². The highest BCUT2D eigenvalue weighted by molar-refractivity contribution is 7.90. The van der Waals surface area contributed by atoms with Gasteiger partial charge in [-0.2, -0.15) is 0 Å². The van der Waals surface area contributed by atoms with Crippen molar-refractivity contribution in [3.05, 3.63) is 77.6 Å². The van der Waals surface area contributed by atoms with E-state index < -0.39 is 27.5 Å². The predicted octanol–water partition coefficient (Wildman–Crippen LogP) is 3.86. The summed E-state index contributed by atoms with van der Waals surface area (Å²) in [5.41, 5.74) is 6.18. The monoisotopic (exact) mass is 469 g/mol. The third-order valence-electron chi connectivity index (χ3n) is 4.73. The fourth-order valence-electron chi connectivity index (χ4n) is 3.25. The van der Waals surface area contributed by atoms with Crippen LogP contribution in [0.4, 0.5) is 9.52 Å². The fraction of sp³-hybridized carbons (Fsp3) is 0.0455. The Labute approximate surface area is 186 Å². The number of primary amides is 1. The molecule has 0 saturated carbocycles. The molecule has 0 radical (unpaired) electrons. The Hall–Kier alpha value is -3.63. The molecule has 0 fully saturated rings. The average Bonchev–Trinajstić information content (AvgIpc) is 3.14. The lowest BCUT2D eigenvalue weighted by Crippen LogP contribution is -2.18. The van der Waals surface area contributed by atoms with Crippen molar-refractivity contribution in [2.24, 2.45) is 5.73 Å². The maximum absolute atomic E-state index is 14.5. The molecule has 10 heteroatoms. The quantitative estimate of drug-likeness (QED) is 0.460. The van der Waals surface area contributed by atoms with E-state index in [-0.39, 0.29) is 32.3 Å². The Morgan fingerprint density at radius 2 is 1.75 bits per heavy atom. The molecule has 1 heterocycles. The number of thiazole rings is 1. The molecule has 0 bridgehead atoms. The van der Waals surface area contributed by atoms with Gasteiger partial charge in [-0.25, -0.2) is 17.8 Å². The van der Waals surface area contributed by atoms with Crippen molar-refractivity contribution in [2.45, 2.75) is 4.90 Å². The van der Waals surface area contributed by atoms with Gasteiger partial charge in [0.05, 0.1) is 15.1 Å². The van der Waals surface area contributed by atoms with Gasteiger partial charge in [0, 0.05) is 28.5 Å². The molecule has 162 valence electrons. The third-order valence-corrected chi connectivity index (χ3v) is 6.77. The Morgan fingerprint density at radius 1 is 1.03 bits per heavy atom. The lowest BCUT2D eigenvalue weighted by atomic mass is 9.93. The van der Waals surface area contributed by atoms with Crippen LogP contribution in [-0.4, -0.2) is 31.5 Å². The molecule has 0 saturated heterocycles. The molecule has 3 aromatic carbocycles. The highest BCUT2D eigenvalue weighted by Crippen LogP contribution is 2.32. The number of halogens is 1. The second kappa shape index (κ2) is 8.13. The Kier molecular flexibility index (Phi) is 5.49. The third kappa shape index (κ3) is 4.10. The predicted molar refractivity (Wildman–Crippen MR) is 121 cm³/mol. The maximum Gasteiger partial charge on any atom is 0.258 e. The first-order chi connectivity index (χ1) is 15.1. The fourth-order valence-corrected chi connectivity index (χ4v) is 4.88. The summed E-state index contributed by atoms with van der Waals surface area (Å²) >= 11 is 1.09. The van der Waals surface area contributed by atoms with Gasteiger partial charge in [-0.3, -0.25) is 14.9 Å². The van der Waals surface area contributed by atoms with Crippen molar-refractivity contribution in [3.8, 4) is 11.1 Å². The number of fused-ring (bicyclic) bond motifs is 1. The second-order valence-corrected chi connectivity index (χ2v) is 9.99. The smallest absolute Gasteiger partial charge is 0.258 e. The Bertz CT molecular complexity index is 1500. The van der Waals surface area contributed by atoms with Crippen molar-refractivity contribution in [1.29, 1.82) is 0 Å². The van der Waals surface area contributed by atoms with Gasteiger partial charge in [0.15, 0.2) is 15.0 Å². The van der Waals surface area contributed by atoms with Gasteiger partial charge in [0.25, 0.3) is 5.91 Å². The van der Waals surface area contributed by atoms with Crippen LogP contribution in [0.25, 0.3) is 21.3 Å². The van der Waals surface area contributed by atoms with E-state index in [9.17, 15) is 22.4 Å². The first kappa shape index (κ1) is 21.6. The van der Waals surface area contributed by atoms with E-state index in [2.05, 4.69) is 10.3 Å². The molecule has 3 N–H and O–H groups in total. The zero-order valence-corrected chi connectivity index (χ0v) is 18.3. The number of carbonyl (C=O) groups excluding carboxylic acids is 2. The summed E-state index contributed by atoms with van der Waals surface area (Å²) < 4.78 is 38.6. The molecule has 1 aromatic heterocycles. The molecule has 0 atom stereocenters. The summed E-state index contributed by atoms with van der Waals surface area (Å²) in [6, 6.07) is 14.6. The van der Waals surface area contributed by atoms with Gasteiger partial charge in [-0.05, 0) is 36.4 Å². The Balaban J connectivity index is 1.77. The summed E-state index contributed by atoms with van der Waals surface area (Å²) in [7, 11) is -3.39. The Morgan fingerprint density at radius 3 is 2.44 bits per heavy atom. The van der Waals surface area contributed by atoms with Crippen LogP contribution in [0, 0.1) is 5.82 Å². The molecule has 32 heavy (non-hydrogen) atoms. The van der Waals surface area contributed by atoms with Crippen LogP contribution < -0.4 is 11.1 Å². The minimum atomic E-state index is -3.39. The number of aromatic nitrogens is 1. The normalized spacial score (nSPS) is 11.4. The number of benzene rings is 3. The number of sulfone groups is 1. The van der Waals surface area contributed by atoms with Crippen LogP contribution in [0.5, 0.6) is 0 Å². The molecule has 0 aliphatic heterocycles. The standard InChI is InChI=1S/C22H16FN3O4S2/c1-32(29,30)12-9-10-17-18(11-12)31-22(25-17)26-21(28)15-7-4-6-14(20(24)27)19(15)13-5-2-3-8-16(13)23/h2-11H,1H3,(H2,24,27)(H,25,26,28). The van der Waals surface area contributed by atoms with Crippen LogP contribution in [0.1, 0.15) is 20.7 Å². The molecule has 0 unspecified atom stereocenters. The second-order valence-electron chi connectivity index (χ2n) is 6.95. The maximum atomic E-state index is 14.5. The van der Waals surface area contributed by atoms with E-state index >= 15 is 0 Å². The molecule has 7 nitrogen and oxygen atoms in total. The summed E-state index contributed by atoms with van der Waals surface area (Å²) in [6.45, 7) is 0. The molecule has 2 amide bonds. The molecular formula is C22H16FN3O4S2. The van der Waals surface area contributed by atoms with Crippen molar-refractivity contribution < 1.29 is 22.4 Å². The largest absolute Gasteiger partial charge is 0.366 e. The van der Waals surface area contributed by atoms with Crippen molar-refractivity contribution in [3.63, 3.8) is 0 Å². The van der Waals surface area contributed by atoms with E-state index in [0.29, 0.717) is 10.2 Å². The van der Waals surface area contributed by atoms with E-state index in [1.807, 2.05) is 0 Å². The van der Waals surface area contributed by atoms with E-state index in [1.54, 1.807) is 12.1 Å². The van der Waals surface area contributed by atoms with Gasteiger partial charge >= 0.3 is 0 Å². The number of nitrogens with two attached hydrogens (primary N) is 1. The number of rotatable bonds is 5. The molecule has 0 aliphatic rings. The van der Waals surface area contributed by atoms with E-state index in [0.717, 1.165) is 17.6 Å². The number of nitrogens with one attached hydrogen (secondary N) is 1. The van der Waals surface area contributed by atoms with Crippen LogP contribution in [0.2, 0.25) is 0 Å². The summed E-state index contributed by atoms with van der Waals surface area (Å²) in [4.78, 5) is 29.5. The molecular weight excluding hydrogens is 453 g/mol. The molecule has 0 aliphatic carbocycles. The van der Waals surface area contributed by atoms with Crippen molar-refractivity contribution in [2.75, 3.05) is 11.6 Å². The topological polar surface area (TPSA) is 119 Å². The lowest BCUT2D eigenvalue weighted by Gasteiger charge is -2.13. The summed E-state index contributed by atoms with van der Waals surface area (Å²) in [5.74, 6) is -2.02. The number of hydrogen-bond donors (Lipinski definition) is 2. The average molecular weight is 470 g/mol. The summed E-state index contributed by atoms with van der Waals surface area (Å²) in [6.07, 6.45) is 1.11. The number of hydrogen-bond acceptors (Lipinski definition) is 6. The first-order valence-corrected chi connectivity index (χ1v) is 12.0. The number of nitrogens with zero attached hydrogens (tertiary/aromatic N) is 1. The van der Waals surface area contributed by atoms with Crippen LogP contribution in [0.3, 0.4) is 0 Å².